The first-order chi connectivity index (χ1) is 10.8. The van der Waals surface area contributed by atoms with Gasteiger partial charge < -0.3 is 15.5 Å². The molecule has 3 aromatic heterocycles. The molecule has 0 aromatic carbocycles. The third-order valence-electron chi connectivity index (χ3n) is 3.49. The van der Waals surface area contributed by atoms with E-state index in [0.29, 0.717) is 6.61 Å². The molecule has 3 rings (SSSR count). The number of aromatic amines is 1. The predicted molar refractivity (Wildman–Crippen MR) is 86.6 cm³/mol. The number of pyridine rings is 1. The molecular weight excluding hydrogens is 278 g/mol. The van der Waals surface area contributed by atoms with Crippen molar-refractivity contribution in [1.29, 1.82) is 0 Å². The Morgan fingerprint density at radius 3 is 2.86 bits per heavy atom. The van der Waals surface area contributed by atoms with E-state index >= 15 is 0 Å². The van der Waals surface area contributed by atoms with E-state index in [9.17, 15) is 0 Å². The van der Waals surface area contributed by atoms with Crippen molar-refractivity contribution in [3.8, 4) is 17.0 Å². The number of nitrogens with one attached hydrogen (secondary N) is 1. The highest BCUT2D eigenvalue weighted by molar-refractivity contribution is 5.97. The van der Waals surface area contributed by atoms with E-state index in [4.69, 9.17) is 10.5 Å². The summed E-state index contributed by atoms with van der Waals surface area (Å²) in [6.07, 6.45) is 8.64. The number of nitrogens with two attached hydrogens (primary N) is 1. The maximum Gasteiger partial charge on any atom is 0.220 e. The van der Waals surface area contributed by atoms with Crippen molar-refractivity contribution in [2.75, 3.05) is 12.3 Å². The fraction of sp³-hybridized carbons (Fsp3) is 0.312. The molecule has 0 saturated heterocycles. The highest BCUT2D eigenvalue weighted by Crippen LogP contribution is 2.33. The van der Waals surface area contributed by atoms with Gasteiger partial charge in [-0.25, -0.2) is 15.0 Å². The minimum atomic E-state index is 0.251. The number of hydrogen-bond acceptors (Lipinski definition) is 5. The van der Waals surface area contributed by atoms with Crippen molar-refractivity contribution in [1.82, 2.24) is 19.9 Å². The second-order valence-electron chi connectivity index (χ2n) is 5.09. The molecule has 0 unspecified atom stereocenters. The monoisotopic (exact) mass is 297 g/mol. The lowest BCUT2D eigenvalue weighted by molar-refractivity contribution is 0.309. The third-order valence-corrected chi connectivity index (χ3v) is 3.49. The van der Waals surface area contributed by atoms with E-state index in [1.54, 1.807) is 12.4 Å². The molecule has 3 N–H and O–H groups in total. The van der Waals surface area contributed by atoms with E-state index in [2.05, 4.69) is 26.9 Å². The zero-order valence-electron chi connectivity index (χ0n) is 12.5. The van der Waals surface area contributed by atoms with Gasteiger partial charge in [-0.05, 0) is 18.6 Å². The lowest BCUT2D eigenvalue weighted by atomic mass is 10.1. The van der Waals surface area contributed by atoms with Crippen LogP contribution in [-0.4, -0.2) is 26.5 Å². The lowest BCUT2D eigenvalue weighted by Gasteiger charge is -2.08. The highest BCUT2D eigenvalue weighted by atomic mass is 16.5. The van der Waals surface area contributed by atoms with Gasteiger partial charge in [0.25, 0.3) is 0 Å². The van der Waals surface area contributed by atoms with Crippen LogP contribution in [0.2, 0.25) is 0 Å². The molecule has 0 fully saturated rings. The van der Waals surface area contributed by atoms with Crippen molar-refractivity contribution >= 4 is 17.0 Å². The highest BCUT2D eigenvalue weighted by Gasteiger charge is 2.13. The summed E-state index contributed by atoms with van der Waals surface area (Å²) in [6.45, 7) is 2.87. The minimum absolute atomic E-state index is 0.251. The average molecular weight is 297 g/mol. The molecule has 0 bridgehead atoms. The maximum absolute atomic E-state index is 5.94. The lowest BCUT2D eigenvalue weighted by Crippen LogP contribution is -1.98. The summed E-state index contributed by atoms with van der Waals surface area (Å²) in [4.78, 5) is 15.7. The quantitative estimate of drug-likeness (QED) is 0.682. The summed E-state index contributed by atoms with van der Waals surface area (Å²) >= 11 is 0. The fourth-order valence-corrected chi connectivity index (χ4v) is 2.41. The third kappa shape index (κ3) is 2.86. The molecule has 114 valence electrons. The molecule has 0 spiro atoms. The van der Waals surface area contributed by atoms with Crippen LogP contribution in [0.4, 0.5) is 5.95 Å². The number of hydrogen-bond donors (Lipinski definition) is 2. The maximum atomic E-state index is 5.94. The number of nitrogen functional groups attached to an aromatic ring is 1. The number of anilines is 1. The zero-order chi connectivity index (χ0) is 15.4. The summed E-state index contributed by atoms with van der Waals surface area (Å²) in [5, 5.41) is 0.928. The van der Waals surface area contributed by atoms with Crippen LogP contribution in [0.3, 0.4) is 0 Å². The van der Waals surface area contributed by atoms with Gasteiger partial charge in [0, 0.05) is 24.2 Å². The summed E-state index contributed by atoms with van der Waals surface area (Å²) in [5.74, 6) is 1.07. The summed E-state index contributed by atoms with van der Waals surface area (Å²) in [7, 11) is 0. The second kappa shape index (κ2) is 6.43. The van der Waals surface area contributed by atoms with Crippen LogP contribution in [-0.2, 0) is 0 Å². The topological polar surface area (TPSA) is 89.7 Å². The number of fused-ring (bicyclic) bond motifs is 1. The van der Waals surface area contributed by atoms with Crippen LogP contribution >= 0.6 is 0 Å². The van der Waals surface area contributed by atoms with Crippen LogP contribution in [0.5, 0.6) is 5.75 Å². The van der Waals surface area contributed by atoms with Crippen molar-refractivity contribution in [3.05, 3.63) is 30.7 Å². The Labute approximate surface area is 128 Å². The van der Waals surface area contributed by atoms with Crippen molar-refractivity contribution < 1.29 is 4.74 Å². The van der Waals surface area contributed by atoms with Gasteiger partial charge in [-0.1, -0.05) is 19.8 Å². The van der Waals surface area contributed by atoms with E-state index in [-0.39, 0.29) is 5.95 Å². The molecule has 22 heavy (non-hydrogen) atoms. The van der Waals surface area contributed by atoms with Gasteiger partial charge >= 0.3 is 0 Å². The first kappa shape index (κ1) is 14.3. The van der Waals surface area contributed by atoms with E-state index < -0.39 is 0 Å². The van der Waals surface area contributed by atoms with Crippen LogP contribution in [0, 0.1) is 0 Å². The molecule has 0 saturated carbocycles. The van der Waals surface area contributed by atoms with Gasteiger partial charge in [0.1, 0.15) is 11.4 Å². The largest absolute Gasteiger partial charge is 0.493 e. The molecule has 0 aliphatic heterocycles. The van der Waals surface area contributed by atoms with Crippen LogP contribution in [0.1, 0.15) is 26.2 Å². The van der Waals surface area contributed by atoms with Gasteiger partial charge in [-0.3, -0.25) is 0 Å². The molecule has 6 heteroatoms. The van der Waals surface area contributed by atoms with Gasteiger partial charge in [0.05, 0.1) is 17.7 Å². The van der Waals surface area contributed by atoms with E-state index in [1.807, 2.05) is 18.3 Å². The zero-order valence-corrected chi connectivity index (χ0v) is 12.5. The summed E-state index contributed by atoms with van der Waals surface area (Å²) in [5.41, 5.74) is 8.13. The van der Waals surface area contributed by atoms with Crippen molar-refractivity contribution in [3.63, 3.8) is 0 Å². The second-order valence-corrected chi connectivity index (χ2v) is 5.09. The Morgan fingerprint density at radius 2 is 2.05 bits per heavy atom. The van der Waals surface area contributed by atoms with Crippen molar-refractivity contribution in [2.24, 2.45) is 0 Å². The Morgan fingerprint density at radius 1 is 1.18 bits per heavy atom. The molecule has 3 heterocycles. The normalized spacial score (nSPS) is 11.0. The first-order valence-corrected chi connectivity index (χ1v) is 7.47. The number of rotatable bonds is 6. The van der Waals surface area contributed by atoms with Crippen LogP contribution in [0.15, 0.2) is 30.7 Å². The SMILES string of the molecule is CCCCCOc1ccnc2[nH]cc(-c3ccnc(N)n3)c12. The molecular formula is C16H19N5O. The van der Waals surface area contributed by atoms with Crippen molar-refractivity contribution in [2.45, 2.75) is 26.2 Å². The number of ether oxygens (including phenoxy) is 1. The number of unbranched alkanes of at least 4 members (excludes halogenated alkanes) is 2. The van der Waals surface area contributed by atoms with Gasteiger partial charge in [-0.15, -0.1) is 0 Å². The Hall–Kier alpha value is -2.63. The molecule has 0 aliphatic rings. The first-order valence-electron chi connectivity index (χ1n) is 7.47. The Balaban J connectivity index is 1.97. The van der Waals surface area contributed by atoms with Crippen LogP contribution < -0.4 is 10.5 Å². The Bertz CT molecular complexity index is 768. The number of aromatic nitrogens is 4. The summed E-state index contributed by atoms with van der Waals surface area (Å²) < 4.78 is 5.94. The van der Waals surface area contributed by atoms with Gasteiger partial charge in [-0.2, -0.15) is 0 Å². The molecule has 0 aliphatic carbocycles. The van der Waals surface area contributed by atoms with E-state index in [0.717, 1.165) is 40.9 Å². The minimum Gasteiger partial charge on any atom is -0.493 e. The average Bonchev–Trinajstić information content (AvgIpc) is 2.96. The molecule has 0 atom stereocenters. The number of nitrogens with zero attached hydrogens (tertiary/aromatic N) is 3. The van der Waals surface area contributed by atoms with Crippen LogP contribution in [0.25, 0.3) is 22.3 Å². The predicted octanol–water partition coefficient (Wildman–Crippen LogP) is 3.17. The van der Waals surface area contributed by atoms with E-state index in [1.165, 1.54) is 6.42 Å². The molecule has 3 aromatic rings. The standard InChI is InChI=1S/C16H19N5O/c1-2-3-4-9-22-13-6-8-18-15-14(13)11(10-20-15)12-5-7-19-16(17)21-12/h5-8,10H,2-4,9H2,1H3,(H,18,20)(H2,17,19,21). The fourth-order valence-electron chi connectivity index (χ4n) is 2.41. The molecule has 0 radical (unpaired) electrons. The van der Waals surface area contributed by atoms with Gasteiger partial charge in [0.2, 0.25) is 5.95 Å². The molecule has 6 nitrogen and oxygen atoms in total. The smallest absolute Gasteiger partial charge is 0.220 e. The Kier molecular flexibility index (Phi) is 4.18. The molecule has 0 amide bonds. The number of H-pyrrole nitrogens is 1. The van der Waals surface area contributed by atoms with Gasteiger partial charge in [0.15, 0.2) is 0 Å². The summed E-state index contributed by atoms with van der Waals surface area (Å²) in [6, 6.07) is 3.71.